The highest BCUT2D eigenvalue weighted by Crippen LogP contribution is 2.22. The Hall–Kier alpha value is -2.56. The predicted molar refractivity (Wildman–Crippen MR) is 101 cm³/mol. The highest BCUT2D eigenvalue weighted by molar-refractivity contribution is 5.81. The van der Waals surface area contributed by atoms with Crippen LogP contribution < -0.4 is 15.5 Å². The quantitative estimate of drug-likeness (QED) is 0.768. The lowest BCUT2D eigenvalue weighted by Gasteiger charge is -2.22. The highest BCUT2D eigenvalue weighted by Gasteiger charge is 2.07. The molecular formula is C20H26FN3O. The highest BCUT2D eigenvalue weighted by atomic mass is 19.1. The second-order valence-electron chi connectivity index (χ2n) is 5.93. The van der Waals surface area contributed by atoms with Crippen LogP contribution in [0.1, 0.15) is 25.0 Å². The zero-order valence-corrected chi connectivity index (χ0v) is 15.1. The van der Waals surface area contributed by atoms with Crippen LogP contribution in [0.3, 0.4) is 0 Å². The van der Waals surface area contributed by atoms with Crippen LogP contribution in [0.15, 0.2) is 42.5 Å². The number of carbonyl (C=O) groups is 1. The van der Waals surface area contributed by atoms with Crippen LogP contribution in [0.5, 0.6) is 0 Å². The van der Waals surface area contributed by atoms with Gasteiger partial charge in [-0.25, -0.2) is 4.39 Å². The topological polar surface area (TPSA) is 44.4 Å². The van der Waals surface area contributed by atoms with Crippen molar-refractivity contribution in [2.24, 2.45) is 0 Å². The lowest BCUT2D eigenvalue weighted by Crippen LogP contribution is -2.29. The molecule has 4 nitrogen and oxygen atoms in total. The lowest BCUT2D eigenvalue weighted by atomic mass is 10.1. The molecule has 0 fully saturated rings. The maximum absolute atomic E-state index is 12.9. The van der Waals surface area contributed by atoms with Crippen molar-refractivity contribution in [2.45, 2.75) is 27.3 Å². The van der Waals surface area contributed by atoms with Gasteiger partial charge in [0, 0.05) is 31.0 Å². The van der Waals surface area contributed by atoms with Crippen LogP contribution in [0.25, 0.3) is 0 Å². The molecule has 0 aromatic heterocycles. The SMILES string of the molecule is CCN(CC)c1ccc(NCC(=O)NCc2ccc(F)cc2)c(C)c1. The summed E-state index contributed by atoms with van der Waals surface area (Å²) in [5.74, 6) is -0.378. The largest absolute Gasteiger partial charge is 0.376 e. The standard InChI is InChI=1S/C20H26FN3O/c1-4-24(5-2)18-10-11-19(15(3)12-18)22-14-20(25)23-13-16-6-8-17(21)9-7-16/h6-12,22H,4-5,13-14H2,1-3H3,(H,23,25). The van der Waals surface area contributed by atoms with E-state index in [0.29, 0.717) is 6.54 Å². The van der Waals surface area contributed by atoms with Crippen molar-refractivity contribution in [1.82, 2.24) is 5.32 Å². The van der Waals surface area contributed by atoms with Crippen molar-refractivity contribution in [3.63, 3.8) is 0 Å². The van der Waals surface area contributed by atoms with E-state index >= 15 is 0 Å². The first-order valence-corrected chi connectivity index (χ1v) is 8.64. The summed E-state index contributed by atoms with van der Waals surface area (Å²) < 4.78 is 12.9. The molecule has 0 unspecified atom stereocenters. The Bertz CT molecular complexity index is 697. The number of hydrogen-bond acceptors (Lipinski definition) is 3. The van der Waals surface area contributed by atoms with Crippen LogP contribution in [0.2, 0.25) is 0 Å². The summed E-state index contributed by atoms with van der Waals surface area (Å²) in [5, 5.41) is 5.99. The first-order valence-electron chi connectivity index (χ1n) is 8.64. The lowest BCUT2D eigenvalue weighted by molar-refractivity contribution is -0.119. The average molecular weight is 343 g/mol. The molecule has 0 saturated heterocycles. The van der Waals surface area contributed by atoms with E-state index in [1.165, 1.54) is 17.8 Å². The summed E-state index contributed by atoms with van der Waals surface area (Å²) in [6.45, 7) is 8.83. The van der Waals surface area contributed by atoms with E-state index in [9.17, 15) is 9.18 Å². The number of aryl methyl sites for hydroxylation is 1. The summed E-state index contributed by atoms with van der Waals surface area (Å²) in [6.07, 6.45) is 0. The summed E-state index contributed by atoms with van der Waals surface area (Å²) >= 11 is 0. The molecule has 1 amide bonds. The van der Waals surface area contributed by atoms with Gasteiger partial charge in [-0.1, -0.05) is 12.1 Å². The molecule has 0 aliphatic rings. The molecule has 0 spiro atoms. The van der Waals surface area contributed by atoms with Gasteiger partial charge in [0.2, 0.25) is 5.91 Å². The summed E-state index contributed by atoms with van der Waals surface area (Å²) in [6, 6.07) is 12.3. The smallest absolute Gasteiger partial charge is 0.239 e. The number of benzene rings is 2. The maximum Gasteiger partial charge on any atom is 0.239 e. The van der Waals surface area contributed by atoms with Crippen LogP contribution in [0, 0.1) is 12.7 Å². The molecule has 0 saturated carbocycles. The van der Waals surface area contributed by atoms with E-state index in [-0.39, 0.29) is 18.3 Å². The van der Waals surface area contributed by atoms with Gasteiger partial charge in [0.1, 0.15) is 5.82 Å². The number of halogens is 1. The Morgan fingerprint density at radius 2 is 1.76 bits per heavy atom. The molecule has 2 aromatic carbocycles. The average Bonchev–Trinajstić information content (AvgIpc) is 2.61. The van der Waals surface area contributed by atoms with Gasteiger partial charge in [-0.15, -0.1) is 0 Å². The van der Waals surface area contributed by atoms with Crippen molar-refractivity contribution in [1.29, 1.82) is 0 Å². The first kappa shape index (κ1) is 18.8. The van der Waals surface area contributed by atoms with Crippen molar-refractivity contribution in [3.8, 4) is 0 Å². The second kappa shape index (κ2) is 9.06. The molecule has 2 rings (SSSR count). The number of rotatable bonds is 8. The van der Waals surface area contributed by atoms with Gasteiger partial charge in [-0.2, -0.15) is 0 Å². The molecule has 0 heterocycles. The van der Waals surface area contributed by atoms with Crippen molar-refractivity contribution in [3.05, 3.63) is 59.4 Å². The zero-order valence-electron chi connectivity index (χ0n) is 15.1. The molecule has 0 aliphatic carbocycles. The molecule has 2 aromatic rings. The number of amides is 1. The van der Waals surface area contributed by atoms with E-state index < -0.39 is 0 Å². The van der Waals surface area contributed by atoms with Gasteiger partial charge in [0.05, 0.1) is 6.54 Å². The van der Waals surface area contributed by atoms with Gasteiger partial charge in [-0.3, -0.25) is 4.79 Å². The van der Waals surface area contributed by atoms with Gasteiger partial charge < -0.3 is 15.5 Å². The molecule has 0 bridgehead atoms. The van der Waals surface area contributed by atoms with Crippen molar-refractivity contribution < 1.29 is 9.18 Å². The molecule has 25 heavy (non-hydrogen) atoms. The molecule has 5 heteroatoms. The number of carbonyl (C=O) groups excluding carboxylic acids is 1. The zero-order chi connectivity index (χ0) is 18.2. The van der Waals surface area contributed by atoms with Crippen LogP contribution in [-0.2, 0) is 11.3 Å². The van der Waals surface area contributed by atoms with Crippen molar-refractivity contribution >= 4 is 17.3 Å². The normalized spacial score (nSPS) is 10.4. The third-order valence-electron chi connectivity index (χ3n) is 4.18. The third-order valence-corrected chi connectivity index (χ3v) is 4.18. The van der Waals surface area contributed by atoms with Gasteiger partial charge >= 0.3 is 0 Å². The minimum absolute atomic E-state index is 0.100. The molecule has 0 radical (unpaired) electrons. The fourth-order valence-corrected chi connectivity index (χ4v) is 2.67. The van der Waals surface area contributed by atoms with E-state index in [1.807, 2.05) is 13.0 Å². The molecule has 0 atom stereocenters. The number of nitrogens with one attached hydrogen (secondary N) is 2. The van der Waals surface area contributed by atoms with Crippen LogP contribution in [0.4, 0.5) is 15.8 Å². The Morgan fingerprint density at radius 1 is 1.08 bits per heavy atom. The molecule has 134 valence electrons. The van der Waals surface area contributed by atoms with Gasteiger partial charge in [-0.05, 0) is 62.2 Å². The Labute approximate surface area is 149 Å². The molecule has 0 aliphatic heterocycles. The Balaban J connectivity index is 1.85. The molecular weight excluding hydrogens is 317 g/mol. The van der Waals surface area contributed by atoms with Crippen LogP contribution >= 0.6 is 0 Å². The Morgan fingerprint density at radius 3 is 2.36 bits per heavy atom. The number of hydrogen-bond donors (Lipinski definition) is 2. The van der Waals surface area contributed by atoms with Crippen LogP contribution in [-0.4, -0.2) is 25.5 Å². The van der Waals surface area contributed by atoms with E-state index in [1.54, 1.807) is 12.1 Å². The van der Waals surface area contributed by atoms with Gasteiger partial charge in [0.25, 0.3) is 0 Å². The van der Waals surface area contributed by atoms with Gasteiger partial charge in [0.15, 0.2) is 0 Å². The van der Waals surface area contributed by atoms with Crippen molar-refractivity contribution in [2.75, 3.05) is 29.9 Å². The second-order valence-corrected chi connectivity index (χ2v) is 5.93. The predicted octanol–water partition coefficient (Wildman–Crippen LogP) is 3.71. The minimum atomic E-state index is -0.277. The van der Waals surface area contributed by atoms with E-state index in [0.717, 1.165) is 29.9 Å². The van der Waals surface area contributed by atoms with E-state index in [4.69, 9.17) is 0 Å². The first-order chi connectivity index (χ1) is 12.0. The monoisotopic (exact) mass is 343 g/mol. The summed E-state index contributed by atoms with van der Waals surface area (Å²) in [4.78, 5) is 14.3. The number of anilines is 2. The van der Waals surface area contributed by atoms with E-state index in [2.05, 4.69) is 41.5 Å². The summed E-state index contributed by atoms with van der Waals surface area (Å²) in [7, 11) is 0. The third kappa shape index (κ3) is 5.48. The maximum atomic E-state index is 12.9. The fraction of sp³-hybridized carbons (Fsp3) is 0.350. The minimum Gasteiger partial charge on any atom is -0.376 e. The Kier molecular flexibility index (Phi) is 6.81. The summed E-state index contributed by atoms with van der Waals surface area (Å²) in [5.41, 5.74) is 4.12. The number of nitrogens with zero attached hydrogens (tertiary/aromatic N) is 1. The molecule has 2 N–H and O–H groups in total. The fourth-order valence-electron chi connectivity index (χ4n) is 2.67.